The van der Waals surface area contributed by atoms with Gasteiger partial charge in [0, 0.05) is 6.20 Å². The van der Waals surface area contributed by atoms with Crippen molar-refractivity contribution in [1.29, 1.82) is 0 Å². The summed E-state index contributed by atoms with van der Waals surface area (Å²) in [6.45, 7) is 0.839. The number of aliphatic hydroxyl groups excluding tert-OH is 2. The fourth-order valence-corrected chi connectivity index (χ4v) is 2.49. The highest BCUT2D eigenvalue weighted by Crippen LogP contribution is 2.38. The minimum atomic E-state index is -1.73. The lowest BCUT2D eigenvalue weighted by molar-refractivity contribution is -0.0982. The Kier molecular flexibility index (Phi) is 3.87. The first-order valence-corrected chi connectivity index (χ1v) is 6.28. The van der Waals surface area contributed by atoms with Gasteiger partial charge in [-0.1, -0.05) is 12.2 Å². The van der Waals surface area contributed by atoms with Crippen molar-refractivity contribution >= 4 is 24.4 Å². The number of aliphatic hydroxyl groups is 3. The molecule has 4 N–H and O–H groups in total. The summed E-state index contributed by atoms with van der Waals surface area (Å²) in [6, 6.07) is 0. The van der Waals surface area contributed by atoms with Crippen molar-refractivity contribution in [2.24, 2.45) is 0 Å². The third-order valence-corrected chi connectivity index (χ3v) is 3.72. The van der Waals surface area contributed by atoms with Crippen LogP contribution in [0.1, 0.15) is 13.2 Å². The van der Waals surface area contributed by atoms with Crippen molar-refractivity contribution in [1.82, 2.24) is 9.55 Å². The van der Waals surface area contributed by atoms with E-state index in [1.54, 1.807) is 0 Å². The normalized spacial score (nSPS) is 34.7. The van der Waals surface area contributed by atoms with Crippen LogP contribution in [0.2, 0.25) is 0 Å². The highest BCUT2D eigenvalue weighted by atomic mass is 32.1. The van der Waals surface area contributed by atoms with E-state index in [1.165, 1.54) is 6.92 Å². The summed E-state index contributed by atoms with van der Waals surface area (Å²) in [5.41, 5.74) is -1.73. The summed E-state index contributed by atoms with van der Waals surface area (Å²) in [4.78, 5) is 2.45. The summed E-state index contributed by atoms with van der Waals surface area (Å²) in [5.74, 6) is -0.732. The maximum Gasteiger partial charge on any atom is 0.180 e. The van der Waals surface area contributed by atoms with Gasteiger partial charge >= 0.3 is 0 Å². The number of hydrogen-bond acceptors (Lipinski definition) is 6. The first kappa shape index (κ1) is 14.7. The fourth-order valence-electron chi connectivity index (χ4n) is 2.03. The van der Waals surface area contributed by atoms with Crippen LogP contribution in [0.4, 0.5) is 4.39 Å². The molecule has 4 atom stereocenters. The second-order valence-corrected chi connectivity index (χ2v) is 5.32. The molecule has 0 aromatic carbocycles. The quantitative estimate of drug-likeness (QED) is 0.592. The molecule has 9 heteroatoms. The van der Waals surface area contributed by atoms with Crippen LogP contribution in [0.25, 0.3) is 0 Å². The molecule has 2 heterocycles. The number of aromatic amines is 1. The van der Waals surface area contributed by atoms with E-state index in [1.807, 2.05) is 0 Å². The van der Waals surface area contributed by atoms with Gasteiger partial charge in [-0.3, -0.25) is 4.57 Å². The Hall–Kier alpha value is -0.710. The molecule has 0 bridgehead atoms. The lowest BCUT2D eigenvalue weighted by Gasteiger charge is -2.28. The Labute approximate surface area is 118 Å². The number of nitrogens with one attached hydrogen (secondary N) is 1. The van der Waals surface area contributed by atoms with E-state index in [-0.39, 0.29) is 9.41 Å². The molecule has 1 aromatic rings. The third-order valence-electron chi connectivity index (χ3n) is 3.11. The number of aromatic nitrogens is 2. The van der Waals surface area contributed by atoms with Crippen LogP contribution in [-0.4, -0.2) is 49.3 Å². The van der Waals surface area contributed by atoms with E-state index in [9.17, 15) is 14.6 Å². The van der Waals surface area contributed by atoms with Gasteiger partial charge in [0.05, 0.1) is 6.61 Å². The average molecular weight is 308 g/mol. The first-order chi connectivity index (χ1) is 8.78. The molecule has 4 unspecified atom stereocenters. The van der Waals surface area contributed by atoms with Crippen molar-refractivity contribution in [2.75, 3.05) is 6.61 Å². The Morgan fingerprint density at radius 1 is 1.58 bits per heavy atom. The molecule has 0 amide bonds. The van der Waals surface area contributed by atoms with Crippen LogP contribution in [0.3, 0.4) is 0 Å². The van der Waals surface area contributed by atoms with Gasteiger partial charge in [-0.15, -0.1) is 0 Å². The molecule has 1 aliphatic rings. The van der Waals surface area contributed by atoms with Gasteiger partial charge in [0.15, 0.2) is 16.8 Å². The number of halogens is 1. The number of nitrogens with zero attached hydrogens (tertiary/aromatic N) is 1. The van der Waals surface area contributed by atoms with E-state index in [0.29, 0.717) is 0 Å². The zero-order chi connectivity index (χ0) is 14.4. The minimum Gasteiger partial charge on any atom is -0.394 e. The standard InChI is InChI=1S/C10H13FN2O4S2/c1-10(16)6(15)5(3-14)17-8(10)13-2-4(11)7(18)12-9(13)19/h2,5-6,8,14-16H,3H2,1H3,(H,12,18,19). The number of hydrogen-bond donors (Lipinski definition) is 4. The molecule has 1 saturated heterocycles. The minimum absolute atomic E-state index is 0.0439. The molecule has 1 fully saturated rings. The lowest BCUT2D eigenvalue weighted by Crippen LogP contribution is -2.44. The Bertz CT molecular complexity index is 600. The number of H-pyrrole nitrogens is 1. The molecule has 0 radical (unpaired) electrons. The third kappa shape index (κ3) is 2.37. The van der Waals surface area contributed by atoms with Crippen LogP contribution in [-0.2, 0) is 4.74 Å². The molecule has 19 heavy (non-hydrogen) atoms. The van der Waals surface area contributed by atoms with Gasteiger partial charge in [-0.2, -0.15) is 0 Å². The molecular weight excluding hydrogens is 295 g/mol. The predicted molar refractivity (Wildman–Crippen MR) is 68.0 cm³/mol. The van der Waals surface area contributed by atoms with Gasteiger partial charge in [0.25, 0.3) is 0 Å². The molecule has 0 saturated carbocycles. The zero-order valence-corrected chi connectivity index (χ0v) is 11.5. The van der Waals surface area contributed by atoms with Crippen LogP contribution in [0, 0.1) is 15.2 Å². The number of ether oxygens (including phenoxy) is 1. The van der Waals surface area contributed by atoms with Crippen molar-refractivity contribution < 1.29 is 24.4 Å². The second kappa shape index (κ2) is 5.00. The molecule has 6 nitrogen and oxygen atoms in total. The Balaban J connectivity index is 2.51. The van der Waals surface area contributed by atoms with Gasteiger partial charge in [-0.25, -0.2) is 4.39 Å². The first-order valence-electron chi connectivity index (χ1n) is 5.46. The van der Waals surface area contributed by atoms with Crippen LogP contribution in [0.5, 0.6) is 0 Å². The van der Waals surface area contributed by atoms with E-state index in [2.05, 4.69) is 4.98 Å². The molecule has 0 spiro atoms. The smallest absolute Gasteiger partial charge is 0.180 e. The largest absolute Gasteiger partial charge is 0.394 e. The SMILES string of the molecule is CC1(O)C(O)C(CO)OC1n1cc(F)c(=S)[nH]c1=S. The highest BCUT2D eigenvalue weighted by Gasteiger charge is 2.52. The molecule has 2 rings (SSSR count). The van der Waals surface area contributed by atoms with Crippen LogP contribution >= 0.6 is 24.4 Å². The van der Waals surface area contributed by atoms with Crippen LogP contribution in [0.15, 0.2) is 6.20 Å². The molecule has 1 aromatic heterocycles. The maximum atomic E-state index is 13.5. The van der Waals surface area contributed by atoms with Crippen molar-refractivity contribution in [2.45, 2.75) is 31.0 Å². The predicted octanol–water partition coefficient (Wildman–Crippen LogP) is 0.416. The Morgan fingerprint density at radius 3 is 2.74 bits per heavy atom. The maximum absolute atomic E-state index is 13.5. The number of rotatable bonds is 2. The van der Waals surface area contributed by atoms with Gasteiger partial charge in [-0.05, 0) is 19.1 Å². The van der Waals surface area contributed by atoms with E-state index in [0.717, 1.165) is 10.8 Å². The van der Waals surface area contributed by atoms with Crippen LogP contribution < -0.4 is 0 Å². The molecular formula is C10H13FN2O4S2. The summed E-state index contributed by atoms with van der Waals surface area (Å²) in [6.07, 6.45) is -2.44. The van der Waals surface area contributed by atoms with E-state index >= 15 is 0 Å². The van der Waals surface area contributed by atoms with E-state index < -0.39 is 36.5 Å². The van der Waals surface area contributed by atoms with Gasteiger partial charge in [0.2, 0.25) is 0 Å². The van der Waals surface area contributed by atoms with E-state index in [4.69, 9.17) is 34.3 Å². The summed E-state index contributed by atoms with van der Waals surface area (Å²) in [5, 5.41) is 29.2. The summed E-state index contributed by atoms with van der Waals surface area (Å²) < 4.78 is 19.8. The fraction of sp³-hybridized carbons (Fsp3) is 0.600. The Morgan fingerprint density at radius 2 is 2.21 bits per heavy atom. The molecule has 106 valence electrons. The topological polar surface area (TPSA) is 90.6 Å². The summed E-state index contributed by atoms with van der Waals surface area (Å²) >= 11 is 9.69. The summed E-state index contributed by atoms with van der Waals surface area (Å²) in [7, 11) is 0. The van der Waals surface area contributed by atoms with Crippen molar-refractivity contribution in [3.05, 3.63) is 21.4 Å². The van der Waals surface area contributed by atoms with Gasteiger partial charge < -0.3 is 25.0 Å². The zero-order valence-electron chi connectivity index (χ0n) is 9.91. The average Bonchev–Trinajstić information content (AvgIpc) is 2.56. The van der Waals surface area contributed by atoms with Gasteiger partial charge in [0.1, 0.15) is 22.4 Å². The van der Waals surface area contributed by atoms with Crippen molar-refractivity contribution in [3.8, 4) is 0 Å². The molecule has 1 aliphatic heterocycles. The molecule has 0 aliphatic carbocycles. The monoisotopic (exact) mass is 308 g/mol. The van der Waals surface area contributed by atoms with Crippen molar-refractivity contribution in [3.63, 3.8) is 0 Å². The second-order valence-electron chi connectivity index (χ2n) is 4.52. The highest BCUT2D eigenvalue weighted by molar-refractivity contribution is 7.72. The lowest BCUT2D eigenvalue weighted by atomic mass is 9.96.